The Morgan fingerprint density at radius 3 is 2.86 bits per heavy atom. The summed E-state index contributed by atoms with van der Waals surface area (Å²) in [5.74, 6) is 0.897. The zero-order valence-electron chi connectivity index (χ0n) is 17.5. The van der Waals surface area contributed by atoms with Crippen molar-refractivity contribution < 1.29 is 4.79 Å². The normalized spacial score (nSPS) is 21.2. The maximum atomic E-state index is 12.5. The first kappa shape index (κ1) is 19.8. The number of rotatable bonds is 6. The van der Waals surface area contributed by atoms with Gasteiger partial charge in [-0.05, 0) is 49.8 Å². The number of amides is 1. The lowest BCUT2D eigenvalue weighted by Gasteiger charge is -2.40. The molecule has 4 rings (SSSR count). The van der Waals surface area contributed by atoms with E-state index >= 15 is 0 Å². The van der Waals surface area contributed by atoms with Gasteiger partial charge in [-0.25, -0.2) is 9.97 Å². The fraction of sp³-hybridized carbons (Fsp3) is 0.522. The first-order valence-corrected chi connectivity index (χ1v) is 10.6. The molecule has 0 saturated carbocycles. The van der Waals surface area contributed by atoms with Crippen LogP contribution >= 0.6 is 0 Å². The number of benzene rings is 1. The third-order valence-electron chi connectivity index (χ3n) is 6.23. The minimum absolute atomic E-state index is 0.0750. The Bertz CT molecular complexity index is 850. The molecule has 1 saturated heterocycles. The number of nitrogens with zero attached hydrogens (tertiary/aromatic N) is 4. The minimum atomic E-state index is 0.0750. The van der Waals surface area contributed by atoms with Crippen molar-refractivity contribution >= 4 is 11.9 Å². The zero-order valence-corrected chi connectivity index (χ0v) is 17.5. The molecule has 0 bridgehead atoms. The Hall–Kier alpha value is -2.47. The fourth-order valence-corrected chi connectivity index (χ4v) is 4.76. The number of nitrogens with one attached hydrogen (secondary N) is 1. The Kier molecular flexibility index (Phi) is 5.81. The van der Waals surface area contributed by atoms with E-state index in [9.17, 15) is 4.79 Å². The third-order valence-corrected chi connectivity index (χ3v) is 6.23. The topological polar surface area (TPSA) is 61.4 Å². The van der Waals surface area contributed by atoms with Crippen molar-refractivity contribution in [3.8, 4) is 0 Å². The molecule has 1 unspecified atom stereocenters. The van der Waals surface area contributed by atoms with E-state index in [0.29, 0.717) is 13.1 Å². The molecule has 1 aromatic carbocycles. The second-order valence-electron chi connectivity index (χ2n) is 8.62. The highest BCUT2D eigenvalue weighted by Crippen LogP contribution is 2.44. The van der Waals surface area contributed by atoms with Gasteiger partial charge in [-0.2, -0.15) is 0 Å². The summed E-state index contributed by atoms with van der Waals surface area (Å²) in [5, 5.41) is 3.09. The Balaban J connectivity index is 1.36. The number of aryl methyl sites for hydroxylation is 1. The van der Waals surface area contributed by atoms with E-state index in [0.717, 1.165) is 51.1 Å². The number of hydrogen-bond donors (Lipinski definition) is 1. The van der Waals surface area contributed by atoms with Gasteiger partial charge >= 0.3 is 0 Å². The maximum absolute atomic E-state index is 12.5. The summed E-state index contributed by atoms with van der Waals surface area (Å²) >= 11 is 0. The molecule has 1 atom stereocenters. The summed E-state index contributed by atoms with van der Waals surface area (Å²) < 4.78 is 0. The van der Waals surface area contributed by atoms with Gasteiger partial charge in [0.1, 0.15) is 0 Å². The lowest BCUT2D eigenvalue weighted by atomic mass is 9.77. The maximum Gasteiger partial charge on any atom is 0.234 e. The van der Waals surface area contributed by atoms with E-state index in [4.69, 9.17) is 4.98 Å². The van der Waals surface area contributed by atoms with Gasteiger partial charge in [-0.1, -0.05) is 30.3 Å². The first-order chi connectivity index (χ1) is 14.1. The molecule has 1 spiro atoms. The van der Waals surface area contributed by atoms with Gasteiger partial charge in [0.25, 0.3) is 0 Å². The van der Waals surface area contributed by atoms with Crippen LogP contribution in [0.4, 0.5) is 5.95 Å². The first-order valence-electron chi connectivity index (χ1n) is 10.6. The molecule has 0 radical (unpaired) electrons. The van der Waals surface area contributed by atoms with Gasteiger partial charge in [-0.15, -0.1) is 0 Å². The van der Waals surface area contributed by atoms with E-state index in [1.165, 1.54) is 16.8 Å². The van der Waals surface area contributed by atoms with Crippen LogP contribution in [-0.4, -0.2) is 61.0 Å². The van der Waals surface area contributed by atoms with Gasteiger partial charge in [0.15, 0.2) is 0 Å². The van der Waals surface area contributed by atoms with Crippen LogP contribution in [0.2, 0.25) is 0 Å². The molecule has 1 N–H and O–H groups in total. The quantitative estimate of drug-likeness (QED) is 0.815. The number of hydrogen-bond acceptors (Lipinski definition) is 5. The summed E-state index contributed by atoms with van der Waals surface area (Å²) in [6.07, 6.45) is 7.28. The van der Waals surface area contributed by atoms with Gasteiger partial charge in [0, 0.05) is 38.8 Å². The van der Waals surface area contributed by atoms with Crippen LogP contribution in [0.25, 0.3) is 0 Å². The molecule has 2 heterocycles. The molecule has 2 aromatic rings. The SMILES string of the molecule is CN(C)c1ncc2c(n1)C1(CCCN(CC(=O)NCCc3ccccc3)C1)CC2. The lowest BCUT2D eigenvalue weighted by molar-refractivity contribution is -0.122. The van der Waals surface area contributed by atoms with Crippen molar-refractivity contribution in [2.24, 2.45) is 0 Å². The van der Waals surface area contributed by atoms with Gasteiger partial charge in [0.05, 0.1) is 12.2 Å². The monoisotopic (exact) mass is 393 g/mol. The van der Waals surface area contributed by atoms with Crippen LogP contribution in [0, 0.1) is 0 Å². The average Bonchev–Trinajstić information content (AvgIpc) is 3.06. The third kappa shape index (κ3) is 4.42. The molecule has 6 nitrogen and oxygen atoms in total. The van der Waals surface area contributed by atoms with Crippen LogP contribution in [0.15, 0.2) is 36.5 Å². The number of aromatic nitrogens is 2. The Labute approximate surface area is 173 Å². The van der Waals surface area contributed by atoms with Crippen LogP contribution < -0.4 is 10.2 Å². The molecule has 1 fully saturated rings. The van der Waals surface area contributed by atoms with Crippen molar-refractivity contribution in [1.29, 1.82) is 0 Å². The van der Waals surface area contributed by atoms with E-state index in [1.54, 1.807) is 0 Å². The predicted molar refractivity (Wildman–Crippen MR) is 115 cm³/mol. The van der Waals surface area contributed by atoms with Crippen LogP contribution in [-0.2, 0) is 23.1 Å². The summed E-state index contributed by atoms with van der Waals surface area (Å²) in [4.78, 5) is 26.2. The summed E-state index contributed by atoms with van der Waals surface area (Å²) in [7, 11) is 3.96. The Morgan fingerprint density at radius 2 is 2.07 bits per heavy atom. The number of anilines is 1. The van der Waals surface area contributed by atoms with E-state index < -0.39 is 0 Å². The molecule has 29 heavy (non-hydrogen) atoms. The van der Waals surface area contributed by atoms with E-state index in [-0.39, 0.29) is 11.3 Å². The predicted octanol–water partition coefficient (Wildman–Crippen LogP) is 2.18. The molecule has 154 valence electrons. The van der Waals surface area contributed by atoms with Crippen LogP contribution in [0.5, 0.6) is 0 Å². The molecule has 1 aliphatic carbocycles. The number of carbonyl (C=O) groups is 1. The fourth-order valence-electron chi connectivity index (χ4n) is 4.76. The van der Waals surface area contributed by atoms with Gasteiger partial charge < -0.3 is 10.2 Å². The molecule has 1 amide bonds. The zero-order chi connectivity index (χ0) is 20.3. The van der Waals surface area contributed by atoms with Crippen molar-refractivity contribution in [1.82, 2.24) is 20.2 Å². The van der Waals surface area contributed by atoms with Gasteiger partial charge in [-0.3, -0.25) is 9.69 Å². The molecular weight excluding hydrogens is 362 g/mol. The highest BCUT2D eigenvalue weighted by molar-refractivity contribution is 5.78. The van der Waals surface area contributed by atoms with E-state index in [2.05, 4.69) is 27.3 Å². The van der Waals surface area contributed by atoms with Crippen molar-refractivity contribution in [3.63, 3.8) is 0 Å². The lowest BCUT2D eigenvalue weighted by Crippen LogP contribution is -2.49. The van der Waals surface area contributed by atoms with E-state index in [1.807, 2.05) is 43.4 Å². The van der Waals surface area contributed by atoms with Crippen LogP contribution in [0.3, 0.4) is 0 Å². The number of likely N-dealkylation sites (tertiary alicyclic amines) is 1. The standard InChI is InChI=1S/C23H31N5O/c1-27(2)22-25-15-19-9-12-23(21(19)26-22)11-6-14-28(17-23)16-20(29)24-13-10-18-7-4-3-5-8-18/h3-5,7-8,15H,6,9-14,16-17H2,1-2H3,(H,24,29). The smallest absolute Gasteiger partial charge is 0.234 e. The molecule has 1 aromatic heterocycles. The summed E-state index contributed by atoms with van der Waals surface area (Å²) in [5.41, 5.74) is 3.82. The van der Waals surface area contributed by atoms with Gasteiger partial charge in [0.2, 0.25) is 11.9 Å². The highest BCUT2D eigenvalue weighted by atomic mass is 16.2. The molecule has 2 aliphatic rings. The second-order valence-corrected chi connectivity index (χ2v) is 8.62. The van der Waals surface area contributed by atoms with Crippen molar-refractivity contribution in [2.75, 3.05) is 45.2 Å². The minimum Gasteiger partial charge on any atom is -0.355 e. The second kappa shape index (κ2) is 8.49. The summed E-state index contributed by atoms with van der Waals surface area (Å²) in [6, 6.07) is 10.3. The van der Waals surface area contributed by atoms with Crippen molar-refractivity contribution in [2.45, 2.75) is 37.5 Å². The highest BCUT2D eigenvalue weighted by Gasteiger charge is 2.44. The Morgan fingerprint density at radius 1 is 1.24 bits per heavy atom. The van der Waals surface area contributed by atoms with Crippen LogP contribution in [0.1, 0.15) is 36.1 Å². The number of piperidine rings is 1. The molecular formula is C23H31N5O. The number of carbonyl (C=O) groups excluding carboxylic acids is 1. The summed E-state index contributed by atoms with van der Waals surface area (Å²) in [6.45, 7) is 3.05. The molecule has 6 heteroatoms. The average molecular weight is 394 g/mol. The molecule has 1 aliphatic heterocycles. The van der Waals surface area contributed by atoms with Crippen molar-refractivity contribution in [3.05, 3.63) is 53.3 Å². The largest absolute Gasteiger partial charge is 0.355 e. The number of fused-ring (bicyclic) bond motifs is 2.